The first-order chi connectivity index (χ1) is 14.0. The summed E-state index contributed by atoms with van der Waals surface area (Å²) in [5.74, 6) is 1.28. The van der Waals surface area contributed by atoms with E-state index in [0.29, 0.717) is 23.2 Å². The maximum atomic E-state index is 12.9. The van der Waals surface area contributed by atoms with Crippen molar-refractivity contribution in [2.75, 3.05) is 13.1 Å². The average molecular weight is 389 g/mol. The predicted molar refractivity (Wildman–Crippen MR) is 116 cm³/mol. The summed E-state index contributed by atoms with van der Waals surface area (Å²) in [7, 11) is 0. The molecule has 1 saturated heterocycles. The largest absolute Gasteiger partial charge is 0.342 e. The number of piperidine rings is 1. The zero-order chi connectivity index (χ0) is 20.0. The van der Waals surface area contributed by atoms with E-state index in [1.807, 2.05) is 0 Å². The molecule has 1 aromatic carbocycles. The van der Waals surface area contributed by atoms with Gasteiger partial charge in [0, 0.05) is 36.3 Å². The third-order valence-corrected chi connectivity index (χ3v) is 7.62. The number of carbonyl (C=O) groups is 1. The van der Waals surface area contributed by atoms with Gasteiger partial charge in [-0.2, -0.15) is 0 Å². The second-order valence-corrected chi connectivity index (χ2v) is 9.78. The fourth-order valence-corrected chi connectivity index (χ4v) is 5.52. The fourth-order valence-electron chi connectivity index (χ4n) is 5.52. The second kappa shape index (κ2) is 7.27. The maximum Gasteiger partial charge on any atom is 0.226 e. The number of likely N-dealkylation sites (tertiary alicyclic amines) is 1. The van der Waals surface area contributed by atoms with Crippen molar-refractivity contribution in [2.45, 2.75) is 64.7 Å². The molecule has 1 spiro atoms. The molecule has 2 saturated carbocycles. The van der Waals surface area contributed by atoms with Gasteiger partial charge in [-0.3, -0.25) is 9.78 Å². The summed E-state index contributed by atoms with van der Waals surface area (Å²) in [6, 6.07) is 13.3. The van der Waals surface area contributed by atoms with Gasteiger partial charge in [0.15, 0.2) is 0 Å². The molecule has 3 fully saturated rings. The summed E-state index contributed by atoms with van der Waals surface area (Å²) in [5.41, 5.74) is 6.77. The van der Waals surface area contributed by atoms with Crippen molar-refractivity contribution in [3.05, 3.63) is 64.5 Å². The molecule has 2 aliphatic carbocycles. The number of carbonyl (C=O) groups excluding carboxylic acids is 1. The highest BCUT2D eigenvalue weighted by Gasteiger charge is 2.61. The fraction of sp³-hybridized carbons (Fsp3) is 0.538. The Morgan fingerprint density at radius 3 is 2.41 bits per heavy atom. The number of hydrogen-bond donors (Lipinski definition) is 0. The Morgan fingerprint density at radius 1 is 1.07 bits per heavy atom. The van der Waals surface area contributed by atoms with Crippen LogP contribution < -0.4 is 0 Å². The molecule has 1 aromatic heterocycles. The van der Waals surface area contributed by atoms with E-state index in [0.717, 1.165) is 44.5 Å². The van der Waals surface area contributed by atoms with E-state index in [4.69, 9.17) is 4.98 Å². The monoisotopic (exact) mass is 388 g/mol. The van der Waals surface area contributed by atoms with Gasteiger partial charge in [0.2, 0.25) is 5.91 Å². The minimum absolute atomic E-state index is 0.353. The van der Waals surface area contributed by atoms with E-state index < -0.39 is 0 Å². The van der Waals surface area contributed by atoms with Crippen LogP contribution in [0.4, 0.5) is 0 Å². The molecule has 0 N–H and O–H groups in total. The molecule has 152 valence electrons. The first-order valence-corrected chi connectivity index (χ1v) is 11.3. The predicted octanol–water partition coefficient (Wildman–Crippen LogP) is 5.19. The van der Waals surface area contributed by atoms with Gasteiger partial charge < -0.3 is 4.90 Å². The lowest BCUT2D eigenvalue weighted by Gasteiger charge is -2.34. The van der Waals surface area contributed by atoms with Crippen molar-refractivity contribution in [1.29, 1.82) is 0 Å². The number of aryl methyl sites for hydroxylation is 2. The molecule has 29 heavy (non-hydrogen) atoms. The Morgan fingerprint density at radius 2 is 1.79 bits per heavy atom. The highest BCUT2D eigenvalue weighted by atomic mass is 16.2. The molecule has 5 rings (SSSR count). The Labute approximate surface area is 174 Å². The van der Waals surface area contributed by atoms with Crippen LogP contribution >= 0.6 is 0 Å². The molecule has 2 heterocycles. The van der Waals surface area contributed by atoms with Gasteiger partial charge in [-0.15, -0.1) is 0 Å². The average Bonchev–Trinajstić information content (AvgIpc) is 3.46. The van der Waals surface area contributed by atoms with Crippen molar-refractivity contribution < 1.29 is 4.79 Å². The standard InChI is InChI=1S/C26H32N2O/c1-18-4-6-20(7-5-18)15-21-14-19(2)27-24(16-21)22-8-12-28(13-9-22)25(29)23-17-26(23)10-3-11-26/h4-7,14,16,22-23H,3,8-13,15,17H2,1-2H3. The third-order valence-electron chi connectivity index (χ3n) is 7.62. The smallest absolute Gasteiger partial charge is 0.226 e. The van der Waals surface area contributed by atoms with E-state index in [1.165, 1.54) is 41.6 Å². The number of hydrogen-bond acceptors (Lipinski definition) is 2. The SMILES string of the molecule is Cc1ccc(Cc2cc(C)nc(C3CCN(C(=O)C4CC45CCC5)CC3)c2)cc1. The molecule has 3 aliphatic rings. The molecule has 1 atom stereocenters. The summed E-state index contributed by atoms with van der Waals surface area (Å²) < 4.78 is 0. The Bertz CT molecular complexity index is 905. The van der Waals surface area contributed by atoms with Crippen LogP contribution in [-0.2, 0) is 11.2 Å². The number of benzene rings is 1. The number of nitrogens with zero attached hydrogens (tertiary/aromatic N) is 2. The number of amides is 1. The van der Waals surface area contributed by atoms with Gasteiger partial charge in [-0.1, -0.05) is 36.2 Å². The summed E-state index contributed by atoms with van der Waals surface area (Å²) in [6.07, 6.45) is 8.12. The van der Waals surface area contributed by atoms with Crippen molar-refractivity contribution in [2.24, 2.45) is 11.3 Å². The summed E-state index contributed by atoms with van der Waals surface area (Å²) in [6.45, 7) is 6.04. The zero-order valence-corrected chi connectivity index (χ0v) is 17.8. The second-order valence-electron chi connectivity index (χ2n) is 9.78. The maximum absolute atomic E-state index is 12.9. The number of pyridine rings is 1. The molecule has 2 aromatic rings. The quantitative estimate of drug-likeness (QED) is 0.722. The summed E-state index contributed by atoms with van der Waals surface area (Å²) in [5, 5.41) is 0. The van der Waals surface area contributed by atoms with Crippen LogP contribution in [0, 0.1) is 25.2 Å². The highest BCUT2D eigenvalue weighted by Crippen LogP contribution is 2.66. The minimum Gasteiger partial charge on any atom is -0.342 e. The van der Waals surface area contributed by atoms with Crippen LogP contribution in [0.3, 0.4) is 0 Å². The van der Waals surface area contributed by atoms with Crippen LogP contribution in [-0.4, -0.2) is 28.9 Å². The van der Waals surface area contributed by atoms with Crippen molar-refractivity contribution in [3.63, 3.8) is 0 Å². The van der Waals surface area contributed by atoms with E-state index >= 15 is 0 Å². The summed E-state index contributed by atoms with van der Waals surface area (Å²) in [4.78, 5) is 19.9. The van der Waals surface area contributed by atoms with E-state index in [-0.39, 0.29) is 0 Å². The lowest BCUT2D eigenvalue weighted by molar-refractivity contribution is -0.135. The molecule has 0 radical (unpaired) electrons. The van der Waals surface area contributed by atoms with Crippen LogP contribution in [0.1, 0.15) is 72.5 Å². The first kappa shape index (κ1) is 18.8. The van der Waals surface area contributed by atoms with E-state index in [9.17, 15) is 4.79 Å². The topological polar surface area (TPSA) is 33.2 Å². The molecule has 0 bridgehead atoms. The van der Waals surface area contributed by atoms with Crippen molar-refractivity contribution in [1.82, 2.24) is 9.88 Å². The molecular formula is C26H32N2O. The Balaban J connectivity index is 1.23. The zero-order valence-electron chi connectivity index (χ0n) is 17.8. The van der Waals surface area contributed by atoms with Crippen molar-refractivity contribution >= 4 is 5.91 Å². The number of rotatable bonds is 4. The molecular weight excluding hydrogens is 356 g/mol. The molecule has 1 amide bonds. The van der Waals surface area contributed by atoms with E-state index in [2.05, 4.69) is 55.1 Å². The van der Waals surface area contributed by atoms with Gasteiger partial charge in [-0.25, -0.2) is 0 Å². The van der Waals surface area contributed by atoms with Crippen LogP contribution in [0.5, 0.6) is 0 Å². The molecule has 1 aliphatic heterocycles. The van der Waals surface area contributed by atoms with Crippen molar-refractivity contribution in [3.8, 4) is 0 Å². The molecule has 3 nitrogen and oxygen atoms in total. The third kappa shape index (κ3) is 3.72. The van der Waals surface area contributed by atoms with Crippen LogP contribution in [0.25, 0.3) is 0 Å². The summed E-state index contributed by atoms with van der Waals surface area (Å²) >= 11 is 0. The number of aromatic nitrogens is 1. The normalized spacial score (nSPS) is 23.1. The van der Waals surface area contributed by atoms with Gasteiger partial charge in [0.1, 0.15) is 0 Å². The first-order valence-electron chi connectivity index (χ1n) is 11.3. The van der Waals surface area contributed by atoms with Gasteiger partial charge in [0.05, 0.1) is 0 Å². The Hall–Kier alpha value is -2.16. The van der Waals surface area contributed by atoms with Gasteiger partial charge in [0.25, 0.3) is 0 Å². The lowest BCUT2D eigenvalue weighted by Crippen LogP contribution is -2.40. The minimum atomic E-state index is 0.353. The molecule has 1 unspecified atom stereocenters. The Kier molecular flexibility index (Phi) is 4.72. The van der Waals surface area contributed by atoms with Gasteiger partial charge in [-0.05, 0) is 81.0 Å². The van der Waals surface area contributed by atoms with Crippen LogP contribution in [0.15, 0.2) is 36.4 Å². The van der Waals surface area contributed by atoms with Gasteiger partial charge >= 0.3 is 0 Å². The highest BCUT2D eigenvalue weighted by molar-refractivity contribution is 5.83. The molecule has 3 heteroatoms. The lowest BCUT2D eigenvalue weighted by atomic mass is 9.79. The van der Waals surface area contributed by atoms with Crippen LogP contribution in [0.2, 0.25) is 0 Å². The van der Waals surface area contributed by atoms with E-state index in [1.54, 1.807) is 0 Å².